The zero-order valence-electron chi connectivity index (χ0n) is 21.0. The second kappa shape index (κ2) is 9.39. The average Bonchev–Trinajstić information content (AvgIpc) is 3.77. The molecule has 2 aliphatic carbocycles. The van der Waals surface area contributed by atoms with E-state index in [1.807, 2.05) is 6.92 Å². The number of nitrogens with zero attached hydrogens (tertiary/aromatic N) is 5. The number of nitrogens with one attached hydrogen (secondary N) is 2. The van der Waals surface area contributed by atoms with Crippen molar-refractivity contribution in [3.63, 3.8) is 0 Å². The predicted molar refractivity (Wildman–Crippen MR) is 130 cm³/mol. The van der Waals surface area contributed by atoms with E-state index in [0.29, 0.717) is 41.1 Å². The Labute approximate surface area is 217 Å². The van der Waals surface area contributed by atoms with E-state index in [2.05, 4.69) is 20.8 Å². The Hall–Kier alpha value is -3.44. The van der Waals surface area contributed by atoms with Gasteiger partial charge in [0, 0.05) is 25.7 Å². The van der Waals surface area contributed by atoms with E-state index >= 15 is 0 Å². The van der Waals surface area contributed by atoms with Crippen molar-refractivity contribution in [3.8, 4) is 0 Å². The first-order valence-corrected chi connectivity index (χ1v) is 13.2. The first kappa shape index (κ1) is 24.9. The third-order valence-corrected chi connectivity index (χ3v) is 8.13. The van der Waals surface area contributed by atoms with E-state index in [1.54, 1.807) is 39.8 Å². The van der Waals surface area contributed by atoms with Gasteiger partial charge in [-0.25, -0.2) is 9.50 Å². The van der Waals surface area contributed by atoms with E-state index in [1.165, 1.54) is 0 Å². The molecule has 2 saturated carbocycles. The van der Waals surface area contributed by atoms with Crippen LogP contribution in [0.2, 0.25) is 0 Å². The Morgan fingerprint density at radius 3 is 2.58 bits per heavy atom. The summed E-state index contributed by atoms with van der Waals surface area (Å²) in [5.74, 6) is -2.46. The molecule has 0 spiro atoms. The van der Waals surface area contributed by atoms with Crippen LogP contribution in [-0.4, -0.2) is 48.9 Å². The fraction of sp³-hybridized carbons (Fsp3) is 0.577. The lowest BCUT2D eigenvalue weighted by Crippen LogP contribution is -2.36. The van der Waals surface area contributed by atoms with Crippen LogP contribution in [0, 0.1) is 29.6 Å². The lowest BCUT2D eigenvalue weighted by Gasteiger charge is -2.27. The number of hydrogen-bond donors (Lipinski definition) is 2. The number of halogens is 3. The molecule has 6 rings (SSSR count). The van der Waals surface area contributed by atoms with Gasteiger partial charge in [-0.1, -0.05) is 0 Å². The van der Waals surface area contributed by atoms with Crippen LogP contribution in [0.5, 0.6) is 0 Å². The molecule has 3 aromatic heterocycles. The Balaban J connectivity index is 1.29. The zero-order chi connectivity index (χ0) is 26.6. The largest absolute Gasteiger partial charge is 0.394 e. The number of hydrogen-bond acceptors (Lipinski definition) is 5. The molecule has 12 heteroatoms. The lowest BCUT2D eigenvalue weighted by atomic mass is 9.87. The molecule has 4 heterocycles. The maximum atomic E-state index is 13.4. The molecule has 0 aromatic carbocycles. The summed E-state index contributed by atoms with van der Waals surface area (Å²) in [4.78, 5) is 30.2. The molecular formula is C26H30F3N7O2. The molecule has 2 amide bonds. The van der Waals surface area contributed by atoms with Crippen molar-refractivity contribution in [3.05, 3.63) is 47.7 Å². The maximum absolute atomic E-state index is 13.4. The SMILES string of the molecule is CCn1nccc1C(=O)N[C@H](c1cn2nc(CC3C(=O)NCC3C(F)(F)F)ccc2n1)C(C1CC1)C1CC1. The highest BCUT2D eigenvalue weighted by Gasteiger charge is 2.51. The zero-order valence-corrected chi connectivity index (χ0v) is 21.0. The number of rotatable bonds is 9. The van der Waals surface area contributed by atoms with E-state index in [4.69, 9.17) is 4.98 Å². The minimum atomic E-state index is -4.46. The molecule has 3 atom stereocenters. The van der Waals surface area contributed by atoms with Crippen molar-refractivity contribution in [2.24, 2.45) is 29.6 Å². The number of imidazole rings is 1. The van der Waals surface area contributed by atoms with Crippen LogP contribution in [0.1, 0.15) is 60.5 Å². The molecule has 9 nitrogen and oxygen atoms in total. The highest BCUT2D eigenvalue weighted by Crippen LogP contribution is 2.54. The standard InChI is InChI=1S/C26H30F3N7O2/c1-2-35-20(9-10-31-35)25(38)33-23(22(14-3-4-14)15-5-6-15)19-13-36-21(32-19)8-7-16(34-36)11-17-18(26(27,28)29)12-30-24(17)37/h7-10,13-15,17-18,22-23H,2-6,11-12H2,1H3,(H,30,37)(H,33,38)/t17?,18?,23-/m1/s1. The van der Waals surface area contributed by atoms with Gasteiger partial charge >= 0.3 is 6.18 Å². The van der Waals surface area contributed by atoms with Crippen molar-refractivity contribution in [2.45, 2.75) is 57.8 Å². The van der Waals surface area contributed by atoms with Crippen LogP contribution in [0.15, 0.2) is 30.6 Å². The van der Waals surface area contributed by atoms with E-state index in [-0.39, 0.29) is 24.3 Å². The highest BCUT2D eigenvalue weighted by molar-refractivity contribution is 5.92. The quantitative estimate of drug-likeness (QED) is 0.443. The molecule has 0 radical (unpaired) electrons. The fourth-order valence-electron chi connectivity index (χ4n) is 5.92. The predicted octanol–water partition coefficient (Wildman–Crippen LogP) is 3.32. The number of aryl methyl sites for hydroxylation is 1. The summed E-state index contributed by atoms with van der Waals surface area (Å²) in [5.41, 5.74) is 2.09. The molecule has 2 unspecified atom stereocenters. The number of amides is 2. The summed E-state index contributed by atoms with van der Waals surface area (Å²) in [6.07, 6.45) is 3.29. The monoisotopic (exact) mass is 529 g/mol. The van der Waals surface area contributed by atoms with Crippen LogP contribution in [0.25, 0.3) is 5.65 Å². The van der Waals surface area contributed by atoms with Gasteiger partial charge in [-0.15, -0.1) is 0 Å². The summed E-state index contributed by atoms with van der Waals surface area (Å²) in [7, 11) is 0. The minimum absolute atomic E-state index is 0.118. The first-order valence-electron chi connectivity index (χ1n) is 13.2. The van der Waals surface area contributed by atoms with Gasteiger partial charge in [0.2, 0.25) is 5.91 Å². The Morgan fingerprint density at radius 2 is 1.92 bits per heavy atom. The van der Waals surface area contributed by atoms with Crippen LogP contribution >= 0.6 is 0 Å². The first-order chi connectivity index (χ1) is 18.2. The van der Waals surface area contributed by atoms with Crippen molar-refractivity contribution < 1.29 is 22.8 Å². The summed E-state index contributed by atoms with van der Waals surface area (Å²) in [6.45, 7) is 2.09. The third kappa shape index (κ3) is 4.76. The summed E-state index contributed by atoms with van der Waals surface area (Å²) in [5, 5.41) is 14.3. The number of alkyl halides is 3. The summed E-state index contributed by atoms with van der Waals surface area (Å²) >= 11 is 0. The second-order valence-corrected chi connectivity index (χ2v) is 10.7. The van der Waals surface area contributed by atoms with Crippen molar-refractivity contribution >= 4 is 17.5 Å². The number of fused-ring (bicyclic) bond motifs is 1. The molecule has 0 bridgehead atoms. The van der Waals surface area contributed by atoms with Gasteiger partial charge in [0.15, 0.2) is 5.65 Å². The van der Waals surface area contributed by atoms with E-state index in [9.17, 15) is 22.8 Å². The van der Waals surface area contributed by atoms with Gasteiger partial charge in [-0.3, -0.25) is 14.3 Å². The third-order valence-electron chi connectivity index (χ3n) is 8.13. The smallest absolute Gasteiger partial charge is 0.355 e. The van der Waals surface area contributed by atoms with Gasteiger partial charge in [0.25, 0.3) is 5.91 Å². The molecule has 202 valence electrons. The van der Waals surface area contributed by atoms with Gasteiger partial charge in [-0.05, 0) is 68.6 Å². The Bertz CT molecular complexity index is 1350. The number of carbonyl (C=O) groups excluding carboxylic acids is 2. The van der Waals surface area contributed by atoms with Crippen molar-refractivity contribution in [2.75, 3.05) is 6.54 Å². The number of aromatic nitrogens is 5. The second-order valence-electron chi connectivity index (χ2n) is 10.7. The molecule has 3 fully saturated rings. The van der Waals surface area contributed by atoms with Gasteiger partial charge in [0.05, 0.1) is 35.5 Å². The normalized spacial score (nSPS) is 22.7. The molecule has 1 aliphatic heterocycles. The summed E-state index contributed by atoms with van der Waals surface area (Å²) in [6, 6.07) is 4.71. The Kier molecular flexibility index (Phi) is 6.14. The van der Waals surface area contributed by atoms with Gasteiger partial charge in [0.1, 0.15) is 5.69 Å². The van der Waals surface area contributed by atoms with Gasteiger partial charge < -0.3 is 10.6 Å². The Morgan fingerprint density at radius 1 is 1.18 bits per heavy atom. The molecule has 3 aliphatic rings. The van der Waals surface area contributed by atoms with Crippen LogP contribution in [-0.2, 0) is 17.8 Å². The maximum Gasteiger partial charge on any atom is 0.394 e. The molecule has 38 heavy (non-hydrogen) atoms. The minimum Gasteiger partial charge on any atom is -0.355 e. The van der Waals surface area contributed by atoms with Crippen LogP contribution < -0.4 is 10.6 Å². The topological polar surface area (TPSA) is 106 Å². The number of carbonyl (C=O) groups is 2. The van der Waals surface area contributed by atoms with Crippen LogP contribution in [0.4, 0.5) is 13.2 Å². The van der Waals surface area contributed by atoms with Crippen molar-refractivity contribution in [1.82, 2.24) is 35.0 Å². The fourth-order valence-corrected chi connectivity index (χ4v) is 5.92. The van der Waals surface area contributed by atoms with E-state index in [0.717, 1.165) is 25.7 Å². The van der Waals surface area contributed by atoms with Crippen LogP contribution in [0.3, 0.4) is 0 Å². The molecule has 1 saturated heterocycles. The molecule has 3 aromatic rings. The summed E-state index contributed by atoms with van der Waals surface area (Å²) < 4.78 is 43.5. The lowest BCUT2D eigenvalue weighted by molar-refractivity contribution is -0.180. The van der Waals surface area contributed by atoms with Gasteiger partial charge in [-0.2, -0.15) is 23.4 Å². The van der Waals surface area contributed by atoms with Crippen molar-refractivity contribution in [1.29, 1.82) is 0 Å². The average molecular weight is 530 g/mol. The molecule has 2 N–H and O–H groups in total. The highest BCUT2D eigenvalue weighted by atomic mass is 19.4. The van der Waals surface area contributed by atoms with E-state index < -0.39 is 30.5 Å². The molecular weight excluding hydrogens is 499 g/mol.